The van der Waals surface area contributed by atoms with E-state index in [0.717, 1.165) is 24.3 Å². The number of ketones is 2. The molecule has 128 valence electrons. The maximum absolute atomic E-state index is 12.5. The van der Waals surface area contributed by atoms with Gasteiger partial charge in [0.05, 0.1) is 5.56 Å². The van der Waals surface area contributed by atoms with E-state index in [4.69, 9.17) is 0 Å². The maximum Gasteiger partial charge on any atom is 0.416 e. The van der Waals surface area contributed by atoms with Crippen molar-refractivity contribution in [1.82, 2.24) is 0 Å². The van der Waals surface area contributed by atoms with Crippen molar-refractivity contribution in [2.24, 2.45) is 23.2 Å². The van der Waals surface area contributed by atoms with Crippen molar-refractivity contribution in [1.29, 1.82) is 0 Å². The summed E-state index contributed by atoms with van der Waals surface area (Å²) in [6, 6.07) is 3.87. The smallest absolute Gasteiger partial charge is 0.325 e. The lowest BCUT2D eigenvalue weighted by atomic mass is 9.45. The fourth-order valence-electron chi connectivity index (χ4n) is 3.65. The van der Waals surface area contributed by atoms with Gasteiger partial charge in [-0.1, -0.05) is 13.8 Å². The molecule has 24 heavy (non-hydrogen) atoms. The molecule has 2 atom stereocenters. The fraction of sp³-hybridized carbons (Fsp3) is 0.471. The highest BCUT2D eigenvalue weighted by atomic mass is 19.4. The van der Waals surface area contributed by atoms with Crippen LogP contribution in [0.1, 0.15) is 25.8 Å². The second kappa shape index (κ2) is 5.16. The summed E-state index contributed by atoms with van der Waals surface area (Å²) >= 11 is 0. The van der Waals surface area contributed by atoms with Gasteiger partial charge in [-0.25, -0.2) is 0 Å². The Bertz CT molecular complexity index is 698. The van der Waals surface area contributed by atoms with Crippen LogP contribution in [0.15, 0.2) is 24.3 Å². The third kappa shape index (κ3) is 2.42. The minimum atomic E-state index is -4.47. The molecule has 2 bridgehead atoms. The van der Waals surface area contributed by atoms with Gasteiger partial charge in [-0.15, -0.1) is 0 Å². The van der Waals surface area contributed by atoms with E-state index in [-0.39, 0.29) is 17.5 Å². The number of halogens is 3. The molecule has 0 saturated heterocycles. The molecule has 3 aliphatic carbocycles. The Hall–Kier alpha value is -2.18. The van der Waals surface area contributed by atoms with E-state index in [2.05, 4.69) is 5.32 Å². The number of hydrogen-bond acceptors (Lipinski definition) is 3. The van der Waals surface area contributed by atoms with E-state index in [1.54, 1.807) is 0 Å². The van der Waals surface area contributed by atoms with Gasteiger partial charge in [0.25, 0.3) is 0 Å². The third-order valence-corrected chi connectivity index (χ3v) is 5.27. The van der Waals surface area contributed by atoms with Gasteiger partial charge in [-0.05, 0) is 36.1 Å². The lowest BCUT2D eigenvalue weighted by molar-refractivity contribution is -0.169. The number of alkyl halides is 3. The molecule has 4 rings (SSSR count). The molecule has 7 heteroatoms. The van der Waals surface area contributed by atoms with E-state index < -0.39 is 40.5 Å². The maximum atomic E-state index is 12.5. The Morgan fingerprint density at radius 3 is 2.00 bits per heavy atom. The Morgan fingerprint density at radius 2 is 1.58 bits per heavy atom. The zero-order valence-electron chi connectivity index (χ0n) is 13.1. The van der Waals surface area contributed by atoms with Crippen LogP contribution in [0.4, 0.5) is 18.9 Å². The van der Waals surface area contributed by atoms with Crippen LogP contribution in [0.3, 0.4) is 0 Å². The molecule has 3 fully saturated rings. The van der Waals surface area contributed by atoms with Gasteiger partial charge >= 0.3 is 6.18 Å². The van der Waals surface area contributed by atoms with Crippen LogP contribution < -0.4 is 5.32 Å². The number of Topliss-reactive ketones (excluding diaryl/α,β-unsaturated/α-hetero) is 2. The summed E-state index contributed by atoms with van der Waals surface area (Å²) in [6.45, 7) is 3.68. The number of benzene rings is 1. The molecular weight excluding hydrogens is 323 g/mol. The number of amides is 1. The van der Waals surface area contributed by atoms with Crippen molar-refractivity contribution in [3.05, 3.63) is 29.8 Å². The molecule has 4 nitrogen and oxygen atoms in total. The van der Waals surface area contributed by atoms with Crippen LogP contribution in [-0.4, -0.2) is 17.5 Å². The molecule has 0 aliphatic heterocycles. The Labute approximate surface area is 136 Å². The van der Waals surface area contributed by atoms with Crippen molar-refractivity contribution in [2.75, 3.05) is 5.32 Å². The average molecular weight is 339 g/mol. The average Bonchev–Trinajstić information content (AvgIpc) is 2.45. The van der Waals surface area contributed by atoms with Crippen LogP contribution in [0.5, 0.6) is 0 Å². The van der Waals surface area contributed by atoms with E-state index in [0.29, 0.717) is 6.42 Å². The monoisotopic (exact) mass is 339 g/mol. The molecule has 3 saturated carbocycles. The lowest BCUT2D eigenvalue weighted by Crippen LogP contribution is -2.63. The summed E-state index contributed by atoms with van der Waals surface area (Å²) in [7, 11) is 0. The lowest BCUT2D eigenvalue weighted by Gasteiger charge is -2.55. The second-order valence-corrected chi connectivity index (χ2v) is 6.96. The Kier molecular flexibility index (Phi) is 3.58. The molecule has 0 radical (unpaired) electrons. The topological polar surface area (TPSA) is 63.2 Å². The molecule has 1 aromatic rings. The molecule has 0 aromatic heterocycles. The van der Waals surface area contributed by atoms with Gasteiger partial charge in [-0.2, -0.15) is 13.2 Å². The zero-order valence-corrected chi connectivity index (χ0v) is 13.1. The molecule has 0 spiro atoms. The van der Waals surface area contributed by atoms with Crippen LogP contribution in [0, 0.1) is 23.2 Å². The summed E-state index contributed by atoms with van der Waals surface area (Å²) in [5.41, 5.74) is -1.14. The first kappa shape index (κ1) is 16.7. The standard InChI is InChI=1S/C17H16F3NO3/c1-16(2)10-7-11(16)14(23)12(13(10)22)15(24)21-9-5-3-8(4-6-9)17(18,19)20/h3-6,10-12H,7H2,1-2H3,(H,21,24). The fourth-order valence-corrected chi connectivity index (χ4v) is 3.65. The molecule has 1 N–H and O–H groups in total. The van der Waals surface area contributed by atoms with Crippen LogP contribution in [-0.2, 0) is 20.6 Å². The number of nitrogens with one attached hydrogen (secondary N) is 1. The van der Waals surface area contributed by atoms with Crippen LogP contribution in [0.2, 0.25) is 0 Å². The van der Waals surface area contributed by atoms with Crippen molar-refractivity contribution in [3.63, 3.8) is 0 Å². The summed E-state index contributed by atoms with van der Waals surface area (Å²) in [6.07, 6.45) is -3.99. The molecule has 3 aliphatic rings. The Morgan fingerprint density at radius 1 is 1.08 bits per heavy atom. The van der Waals surface area contributed by atoms with Crippen LogP contribution >= 0.6 is 0 Å². The van der Waals surface area contributed by atoms with Gasteiger partial charge in [0, 0.05) is 17.5 Å². The van der Waals surface area contributed by atoms with E-state index in [1.807, 2.05) is 13.8 Å². The normalized spacial score (nSPS) is 28.3. The Balaban J connectivity index is 1.74. The van der Waals surface area contributed by atoms with Gasteiger partial charge in [-0.3, -0.25) is 14.4 Å². The second-order valence-electron chi connectivity index (χ2n) is 6.96. The van der Waals surface area contributed by atoms with Gasteiger partial charge < -0.3 is 5.32 Å². The highest BCUT2D eigenvalue weighted by molar-refractivity contribution is 6.25. The number of carbonyl (C=O) groups is 3. The minimum Gasteiger partial charge on any atom is -0.325 e. The van der Waals surface area contributed by atoms with Crippen molar-refractivity contribution >= 4 is 23.2 Å². The van der Waals surface area contributed by atoms with Crippen LogP contribution in [0.25, 0.3) is 0 Å². The molecule has 0 heterocycles. The quantitative estimate of drug-likeness (QED) is 0.842. The largest absolute Gasteiger partial charge is 0.416 e. The van der Waals surface area contributed by atoms with Crippen molar-refractivity contribution in [2.45, 2.75) is 26.4 Å². The number of fused-ring (bicyclic) bond motifs is 2. The highest BCUT2D eigenvalue weighted by Gasteiger charge is 2.63. The van der Waals surface area contributed by atoms with E-state index in [1.165, 1.54) is 0 Å². The van der Waals surface area contributed by atoms with Gasteiger partial charge in [0.1, 0.15) is 0 Å². The number of hydrogen-bond donors (Lipinski definition) is 1. The van der Waals surface area contributed by atoms with E-state index >= 15 is 0 Å². The number of carbonyl (C=O) groups excluding carboxylic acids is 3. The first-order valence-corrected chi connectivity index (χ1v) is 7.59. The first-order valence-electron chi connectivity index (χ1n) is 7.59. The van der Waals surface area contributed by atoms with Crippen molar-refractivity contribution < 1.29 is 27.6 Å². The van der Waals surface area contributed by atoms with Crippen molar-refractivity contribution in [3.8, 4) is 0 Å². The zero-order chi connectivity index (χ0) is 17.9. The predicted octanol–water partition coefficient (Wildman–Crippen LogP) is 3.07. The van der Waals surface area contributed by atoms with E-state index in [9.17, 15) is 27.6 Å². The molecule has 2 unspecified atom stereocenters. The summed E-state index contributed by atoms with van der Waals surface area (Å²) in [5.74, 6) is -3.54. The molecule has 1 amide bonds. The number of rotatable bonds is 2. The van der Waals surface area contributed by atoms with Gasteiger partial charge in [0.15, 0.2) is 17.5 Å². The SMILES string of the molecule is CC1(C)C2CC1C(=O)C(C(=O)Nc1ccc(C(F)(F)F)cc1)C2=O. The highest BCUT2D eigenvalue weighted by Crippen LogP contribution is 2.57. The molecule has 1 aromatic carbocycles. The third-order valence-electron chi connectivity index (χ3n) is 5.27. The molecular formula is C17H16F3NO3. The summed E-state index contributed by atoms with van der Waals surface area (Å²) in [5, 5.41) is 2.37. The predicted molar refractivity (Wildman–Crippen MR) is 79.0 cm³/mol. The number of anilines is 1. The first-order chi connectivity index (χ1) is 11.0. The minimum absolute atomic E-state index is 0.118. The van der Waals surface area contributed by atoms with Gasteiger partial charge in [0.2, 0.25) is 5.91 Å². The summed E-state index contributed by atoms with van der Waals surface area (Å²) in [4.78, 5) is 37.0. The summed E-state index contributed by atoms with van der Waals surface area (Å²) < 4.78 is 37.6.